The molecular formula is C12H13BrFN3S. The summed E-state index contributed by atoms with van der Waals surface area (Å²) in [6.45, 7) is 2.01. The highest BCUT2D eigenvalue weighted by atomic mass is 79.9. The second-order valence-electron chi connectivity index (χ2n) is 3.98. The van der Waals surface area contributed by atoms with Crippen LogP contribution in [0.3, 0.4) is 0 Å². The summed E-state index contributed by atoms with van der Waals surface area (Å²) in [7, 11) is 0. The fourth-order valence-corrected chi connectivity index (χ4v) is 2.83. The highest BCUT2D eigenvalue weighted by molar-refractivity contribution is 9.10. The largest absolute Gasteiger partial charge is 0.323 e. The summed E-state index contributed by atoms with van der Waals surface area (Å²) >= 11 is 4.53. The second kappa shape index (κ2) is 5.86. The molecule has 0 saturated heterocycles. The Labute approximate surface area is 118 Å². The summed E-state index contributed by atoms with van der Waals surface area (Å²) in [4.78, 5) is 0.944. The van der Waals surface area contributed by atoms with Gasteiger partial charge in [-0.1, -0.05) is 33.4 Å². The average molecular weight is 330 g/mol. The number of halogens is 2. The molecule has 0 spiro atoms. The average Bonchev–Trinajstić information content (AvgIpc) is 2.81. The fraction of sp³-hybridized carbons (Fsp3) is 0.333. The van der Waals surface area contributed by atoms with Crippen LogP contribution in [-0.4, -0.2) is 9.59 Å². The van der Waals surface area contributed by atoms with Crippen molar-refractivity contribution in [3.63, 3.8) is 0 Å². The van der Waals surface area contributed by atoms with Gasteiger partial charge in [0.05, 0.1) is 10.6 Å². The first-order chi connectivity index (χ1) is 8.61. The van der Waals surface area contributed by atoms with Crippen LogP contribution in [0, 0.1) is 5.82 Å². The van der Waals surface area contributed by atoms with Crippen LogP contribution in [0.1, 0.15) is 29.1 Å². The summed E-state index contributed by atoms with van der Waals surface area (Å²) in [5.41, 5.74) is 7.63. The molecule has 2 N–H and O–H groups in total. The topological polar surface area (TPSA) is 51.8 Å². The van der Waals surface area contributed by atoms with Gasteiger partial charge >= 0.3 is 0 Å². The van der Waals surface area contributed by atoms with Crippen molar-refractivity contribution in [3.05, 3.63) is 44.6 Å². The zero-order chi connectivity index (χ0) is 13.1. The molecule has 0 fully saturated rings. The predicted octanol–water partition coefficient (Wildman–Crippen LogP) is 3.24. The van der Waals surface area contributed by atoms with Crippen LogP contribution in [0.2, 0.25) is 0 Å². The van der Waals surface area contributed by atoms with Crippen molar-refractivity contribution in [2.24, 2.45) is 5.73 Å². The molecule has 0 amide bonds. The number of aromatic nitrogens is 2. The van der Waals surface area contributed by atoms with Gasteiger partial charge in [-0.15, -0.1) is 5.10 Å². The lowest BCUT2D eigenvalue weighted by atomic mass is 10.0. The van der Waals surface area contributed by atoms with Crippen LogP contribution < -0.4 is 5.73 Å². The molecule has 3 nitrogen and oxygen atoms in total. The van der Waals surface area contributed by atoms with Crippen molar-refractivity contribution in [2.45, 2.75) is 25.8 Å². The van der Waals surface area contributed by atoms with E-state index >= 15 is 0 Å². The smallest absolute Gasteiger partial charge is 0.127 e. The van der Waals surface area contributed by atoms with Crippen molar-refractivity contribution in [1.82, 2.24) is 9.59 Å². The molecule has 1 unspecified atom stereocenters. The number of nitrogens with two attached hydrogens (primary N) is 1. The molecule has 1 heterocycles. The quantitative estimate of drug-likeness (QED) is 0.936. The highest BCUT2D eigenvalue weighted by Crippen LogP contribution is 2.24. The minimum atomic E-state index is -0.254. The first kappa shape index (κ1) is 13.6. The van der Waals surface area contributed by atoms with Crippen LogP contribution in [0.4, 0.5) is 4.39 Å². The van der Waals surface area contributed by atoms with E-state index in [1.165, 1.54) is 17.6 Å². The monoisotopic (exact) mass is 329 g/mol. The Morgan fingerprint density at radius 2 is 2.28 bits per heavy atom. The summed E-state index contributed by atoms with van der Waals surface area (Å²) in [6, 6.07) is 4.76. The van der Waals surface area contributed by atoms with Gasteiger partial charge < -0.3 is 5.73 Å². The summed E-state index contributed by atoms with van der Waals surface area (Å²) in [5.74, 6) is -0.240. The van der Waals surface area contributed by atoms with E-state index in [9.17, 15) is 4.39 Å². The Hall–Kier alpha value is -0.850. The van der Waals surface area contributed by atoms with Crippen molar-refractivity contribution in [1.29, 1.82) is 0 Å². The predicted molar refractivity (Wildman–Crippen MR) is 74.0 cm³/mol. The SMILES string of the molecule is CCc1nnsc1C(N)Cc1ccc(Br)cc1F. The van der Waals surface area contributed by atoms with Crippen molar-refractivity contribution in [3.8, 4) is 0 Å². The van der Waals surface area contributed by atoms with Gasteiger partial charge in [-0.05, 0) is 42.1 Å². The molecular weight excluding hydrogens is 317 g/mol. The Bertz CT molecular complexity index is 544. The Morgan fingerprint density at radius 1 is 1.50 bits per heavy atom. The van der Waals surface area contributed by atoms with Gasteiger partial charge in [0.25, 0.3) is 0 Å². The number of rotatable bonds is 4. The third kappa shape index (κ3) is 2.93. The molecule has 0 aliphatic rings. The van der Waals surface area contributed by atoms with Crippen LogP contribution in [0.25, 0.3) is 0 Å². The molecule has 96 valence electrons. The highest BCUT2D eigenvalue weighted by Gasteiger charge is 2.16. The molecule has 2 aromatic rings. The standard InChI is InChI=1S/C12H13BrFN3S/c1-2-11-12(18-17-16-11)10(15)5-7-3-4-8(13)6-9(7)14/h3-4,6,10H,2,5,15H2,1H3. The number of hydrogen-bond acceptors (Lipinski definition) is 4. The zero-order valence-electron chi connectivity index (χ0n) is 9.86. The van der Waals surface area contributed by atoms with Gasteiger partial charge in [0.15, 0.2) is 0 Å². The van der Waals surface area contributed by atoms with Gasteiger partial charge in [-0.3, -0.25) is 0 Å². The number of hydrogen-bond donors (Lipinski definition) is 1. The maximum atomic E-state index is 13.7. The van der Waals surface area contributed by atoms with E-state index in [1.54, 1.807) is 6.07 Å². The van der Waals surface area contributed by atoms with Gasteiger partial charge in [-0.25, -0.2) is 4.39 Å². The normalized spacial score (nSPS) is 12.7. The molecule has 0 aliphatic heterocycles. The third-order valence-corrected chi connectivity index (χ3v) is 4.10. The molecule has 1 aromatic carbocycles. The van der Waals surface area contributed by atoms with Gasteiger partial charge in [-0.2, -0.15) is 0 Å². The van der Waals surface area contributed by atoms with E-state index in [-0.39, 0.29) is 11.9 Å². The molecule has 1 atom stereocenters. The number of nitrogens with zero attached hydrogens (tertiary/aromatic N) is 2. The van der Waals surface area contributed by atoms with E-state index in [0.717, 1.165) is 21.5 Å². The van der Waals surface area contributed by atoms with E-state index in [1.807, 2.05) is 13.0 Å². The minimum absolute atomic E-state index is 0.240. The number of benzene rings is 1. The summed E-state index contributed by atoms with van der Waals surface area (Å²) in [6.07, 6.45) is 1.25. The maximum absolute atomic E-state index is 13.7. The van der Waals surface area contributed by atoms with Crippen molar-refractivity contribution < 1.29 is 4.39 Å². The maximum Gasteiger partial charge on any atom is 0.127 e. The molecule has 18 heavy (non-hydrogen) atoms. The zero-order valence-corrected chi connectivity index (χ0v) is 12.3. The van der Waals surface area contributed by atoms with Crippen LogP contribution in [0.15, 0.2) is 22.7 Å². The Morgan fingerprint density at radius 3 is 2.94 bits per heavy atom. The minimum Gasteiger partial charge on any atom is -0.323 e. The number of aryl methyl sites for hydroxylation is 1. The molecule has 0 saturated carbocycles. The van der Waals surface area contributed by atoms with E-state index in [0.29, 0.717) is 12.0 Å². The van der Waals surface area contributed by atoms with Crippen molar-refractivity contribution >= 4 is 27.5 Å². The van der Waals surface area contributed by atoms with Crippen molar-refractivity contribution in [2.75, 3.05) is 0 Å². The lowest BCUT2D eigenvalue weighted by Gasteiger charge is -2.11. The van der Waals surface area contributed by atoms with Gasteiger partial charge in [0, 0.05) is 10.5 Å². The fourth-order valence-electron chi connectivity index (χ4n) is 1.76. The summed E-state index contributed by atoms with van der Waals surface area (Å²) < 4.78 is 18.4. The van der Waals surface area contributed by atoms with Gasteiger partial charge in [0.1, 0.15) is 5.82 Å². The van der Waals surface area contributed by atoms with Crippen LogP contribution >= 0.6 is 27.5 Å². The molecule has 0 radical (unpaired) electrons. The van der Waals surface area contributed by atoms with Crippen LogP contribution in [0.5, 0.6) is 0 Å². The molecule has 0 bridgehead atoms. The third-order valence-electron chi connectivity index (χ3n) is 2.71. The lowest BCUT2D eigenvalue weighted by Crippen LogP contribution is -2.14. The molecule has 0 aliphatic carbocycles. The first-order valence-corrected chi connectivity index (χ1v) is 7.19. The second-order valence-corrected chi connectivity index (χ2v) is 5.69. The van der Waals surface area contributed by atoms with E-state index in [2.05, 4.69) is 25.5 Å². The Kier molecular flexibility index (Phi) is 4.42. The molecule has 6 heteroatoms. The van der Waals surface area contributed by atoms with E-state index in [4.69, 9.17) is 5.73 Å². The van der Waals surface area contributed by atoms with Gasteiger partial charge in [0.2, 0.25) is 0 Å². The molecule has 1 aromatic heterocycles. The van der Waals surface area contributed by atoms with E-state index < -0.39 is 0 Å². The van der Waals surface area contributed by atoms with Crippen LogP contribution in [-0.2, 0) is 12.8 Å². The molecule has 2 rings (SSSR count). The first-order valence-electron chi connectivity index (χ1n) is 5.62. The Balaban J connectivity index is 2.18. The lowest BCUT2D eigenvalue weighted by molar-refractivity contribution is 0.593. The summed E-state index contributed by atoms with van der Waals surface area (Å²) in [5, 5.41) is 4.02.